The van der Waals surface area contributed by atoms with Gasteiger partial charge in [-0.15, -0.1) is 0 Å². The highest BCUT2D eigenvalue weighted by atomic mass is 35.5. The molecule has 2 fully saturated rings. The highest BCUT2D eigenvalue weighted by Gasteiger charge is 2.56. The Hall–Kier alpha value is -4.55. The second kappa shape index (κ2) is 9.72. The number of likely N-dealkylation sites (tertiary alicyclic amines) is 1. The number of rotatable bonds is 5. The van der Waals surface area contributed by atoms with E-state index >= 15 is 0 Å². The third-order valence-corrected chi connectivity index (χ3v) is 7.24. The summed E-state index contributed by atoms with van der Waals surface area (Å²) in [6.07, 6.45) is 2.34. The predicted octanol–water partition coefficient (Wildman–Crippen LogP) is 4.79. The molecule has 2 aromatic carbocycles. The van der Waals surface area contributed by atoms with Crippen LogP contribution in [0, 0.1) is 29.6 Å². The normalized spacial score (nSPS) is 19.4. The molecule has 2 unspecified atom stereocenters. The van der Waals surface area contributed by atoms with Crippen LogP contribution in [0.1, 0.15) is 11.3 Å². The van der Waals surface area contributed by atoms with Crippen molar-refractivity contribution in [1.29, 1.82) is 0 Å². The summed E-state index contributed by atoms with van der Waals surface area (Å²) in [6.45, 7) is 1.42. The van der Waals surface area contributed by atoms with E-state index in [9.17, 15) is 4.79 Å². The van der Waals surface area contributed by atoms with Crippen LogP contribution in [0.3, 0.4) is 0 Å². The molecule has 2 aromatic heterocycles. The summed E-state index contributed by atoms with van der Waals surface area (Å²) in [7, 11) is 0. The summed E-state index contributed by atoms with van der Waals surface area (Å²) in [5.74, 6) is 8.46. The van der Waals surface area contributed by atoms with Crippen molar-refractivity contribution in [2.75, 3.05) is 24.1 Å². The summed E-state index contributed by atoms with van der Waals surface area (Å²) >= 11 is 6.46. The molecule has 2 aliphatic rings. The second-order valence-corrected chi connectivity index (χ2v) is 9.78. The van der Waals surface area contributed by atoms with Gasteiger partial charge in [-0.05, 0) is 54.3 Å². The van der Waals surface area contributed by atoms with Crippen molar-refractivity contribution >= 4 is 45.8 Å². The maximum Gasteiger partial charge on any atom is 0.407 e. The first-order valence-electron chi connectivity index (χ1n) is 12.1. The molecule has 190 valence electrons. The molecule has 1 saturated heterocycles. The van der Waals surface area contributed by atoms with Gasteiger partial charge in [-0.3, -0.25) is 4.98 Å². The number of carbonyl (C=O) groups is 1. The minimum Gasteiger partial charge on any atom is -0.486 e. The van der Waals surface area contributed by atoms with Gasteiger partial charge in [0.1, 0.15) is 24.5 Å². The van der Waals surface area contributed by atoms with Gasteiger partial charge in [-0.25, -0.2) is 14.8 Å². The second-order valence-electron chi connectivity index (χ2n) is 9.37. The van der Waals surface area contributed by atoms with Gasteiger partial charge in [0.05, 0.1) is 16.2 Å². The van der Waals surface area contributed by atoms with Crippen molar-refractivity contribution < 1.29 is 14.6 Å². The van der Waals surface area contributed by atoms with Gasteiger partial charge in [0.15, 0.2) is 0 Å². The molecular formula is C28H23ClN6O3. The number of benzene rings is 2. The topological polar surface area (TPSA) is 126 Å². The van der Waals surface area contributed by atoms with Crippen molar-refractivity contribution in [2.45, 2.75) is 6.61 Å². The van der Waals surface area contributed by atoms with Crippen LogP contribution in [0.4, 0.5) is 22.0 Å². The Kier molecular flexibility index (Phi) is 6.10. The molecule has 1 aliphatic carbocycles. The first kappa shape index (κ1) is 23.8. The molecule has 4 N–H and O–H groups in total. The molecule has 9 nitrogen and oxygen atoms in total. The number of amides is 1. The van der Waals surface area contributed by atoms with E-state index in [-0.39, 0.29) is 5.92 Å². The van der Waals surface area contributed by atoms with E-state index in [0.29, 0.717) is 64.9 Å². The Balaban J connectivity index is 1.17. The average Bonchev–Trinajstić information content (AvgIpc) is 3.35. The molecule has 1 amide bonds. The zero-order valence-electron chi connectivity index (χ0n) is 20.1. The maximum atomic E-state index is 11.1. The molecule has 3 heterocycles. The summed E-state index contributed by atoms with van der Waals surface area (Å²) in [5, 5.41) is 13.6. The van der Waals surface area contributed by atoms with E-state index in [1.54, 1.807) is 18.3 Å². The van der Waals surface area contributed by atoms with E-state index in [0.717, 1.165) is 16.8 Å². The van der Waals surface area contributed by atoms with Crippen LogP contribution in [0.2, 0.25) is 5.02 Å². The van der Waals surface area contributed by atoms with Crippen LogP contribution < -0.4 is 15.8 Å². The highest BCUT2D eigenvalue weighted by Crippen LogP contribution is 2.51. The number of anilines is 3. The number of ether oxygens (including phenoxy) is 1. The number of nitrogens with one attached hydrogen (secondary N) is 1. The van der Waals surface area contributed by atoms with Gasteiger partial charge >= 0.3 is 6.09 Å². The summed E-state index contributed by atoms with van der Waals surface area (Å²) < 4.78 is 5.81. The largest absolute Gasteiger partial charge is 0.486 e. The number of fused-ring (bicyclic) bond motifs is 2. The summed E-state index contributed by atoms with van der Waals surface area (Å²) in [5.41, 5.74) is 9.81. The smallest absolute Gasteiger partial charge is 0.407 e. The lowest BCUT2D eigenvalue weighted by molar-refractivity contribution is 0.149. The fourth-order valence-electron chi connectivity index (χ4n) is 4.85. The molecule has 10 heteroatoms. The van der Waals surface area contributed by atoms with Crippen LogP contribution >= 0.6 is 11.6 Å². The number of nitrogen functional groups attached to an aromatic ring is 1. The third-order valence-electron chi connectivity index (χ3n) is 6.94. The van der Waals surface area contributed by atoms with Crippen LogP contribution in [0.15, 0.2) is 61.1 Å². The van der Waals surface area contributed by atoms with Crippen molar-refractivity contribution in [3.63, 3.8) is 0 Å². The number of aromatic nitrogens is 3. The number of hydrogen-bond donors (Lipinski definition) is 3. The fraction of sp³-hybridized carbons (Fsp3) is 0.214. The van der Waals surface area contributed by atoms with Gasteiger partial charge in [0.25, 0.3) is 0 Å². The van der Waals surface area contributed by atoms with Crippen molar-refractivity contribution in [1.82, 2.24) is 19.9 Å². The highest BCUT2D eigenvalue weighted by molar-refractivity contribution is 6.32. The maximum absolute atomic E-state index is 11.1. The number of hydrogen-bond acceptors (Lipinski definition) is 7. The van der Waals surface area contributed by atoms with Crippen LogP contribution in [-0.2, 0) is 6.61 Å². The molecule has 1 aliphatic heterocycles. The van der Waals surface area contributed by atoms with Crippen molar-refractivity contribution in [3.05, 3.63) is 77.3 Å². The standard InChI is InChI=1S/C28H23ClN6O3/c29-23-10-17(5-7-26(23)38-14-18-3-1-2-8-31-18)34-27-20-11-24(30)16(9-25(20)32-15-33-27)4-6-19-21-12-35(28(36)37)13-22(19)21/h1-3,5,7-11,15,19,21-22H,12-14,30H2,(H,36,37)(H,32,33,34). The Morgan fingerprint density at radius 1 is 1.16 bits per heavy atom. The Morgan fingerprint density at radius 2 is 2.00 bits per heavy atom. The van der Waals surface area contributed by atoms with Gasteiger partial charge in [0, 0.05) is 47.5 Å². The van der Waals surface area contributed by atoms with Crippen molar-refractivity contribution in [2.24, 2.45) is 17.8 Å². The molecule has 4 aromatic rings. The van der Waals surface area contributed by atoms with E-state index in [4.69, 9.17) is 27.2 Å². The first-order chi connectivity index (χ1) is 18.5. The van der Waals surface area contributed by atoms with E-state index in [1.165, 1.54) is 11.2 Å². The minimum absolute atomic E-state index is 0.212. The Labute approximate surface area is 223 Å². The summed E-state index contributed by atoms with van der Waals surface area (Å²) in [6, 6.07) is 14.7. The van der Waals surface area contributed by atoms with E-state index in [1.807, 2.05) is 36.4 Å². The van der Waals surface area contributed by atoms with Crippen LogP contribution in [-0.4, -0.2) is 44.1 Å². The first-order valence-corrected chi connectivity index (χ1v) is 12.5. The van der Waals surface area contributed by atoms with Crippen molar-refractivity contribution in [3.8, 4) is 17.6 Å². The molecule has 0 spiro atoms. The zero-order valence-corrected chi connectivity index (χ0v) is 20.9. The lowest BCUT2D eigenvalue weighted by atomic mass is 10.1. The minimum atomic E-state index is -0.862. The number of carboxylic acid groups (broad SMARTS) is 1. The quantitative estimate of drug-likeness (QED) is 0.250. The number of piperidine rings is 1. The van der Waals surface area contributed by atoms with E-state index in [2.05, 4.69) is 32.1 Å². The fourth-order valence-corrected chi connectivity index (χ4v) is 5.09. The van der Waals surface area contributed by atoms with E-state index < -0.39 is 6.09 Å². The lowest BCUT2D eigenvalue weighted by Gasteiger charge is -2.13. The molecule has 0 bridgehead atoms. The number of nitrogens with zero attached hydrogens (tertiary/aromatic N) is 4. The van der Waals surface area contributed by atoms with Gasteiger partial charge in [-0.2, -0.15) is 0 Å². The third kappa shape index (κ3) is 4.74. The van der Waals surface area contributed by atoms with Gasteiger partial charge < -0.3 is 25.8 Å². The summed E-state index contributed by atoms with van der Waals surface area (Å²) in [4.78, 5) is 25.6. The Bertz CT molecular complexity index is 1590. The molecular weight excluding hydrogens is 504 g/mol. The Morgan fingerprint density at radius 3 is 2.74 bits per heavy atom. The molecule has 6 rings (SSSR count). The van der Waals surface area contributed by atoms with Gasteiger partial charge in [0.2, 0.25) is 0 Å². The number of pyridine rings is 1. The number of nitrogens with two attached hydrogens (primary N) is 1. The predicted molar refractivity (Wildman–Crippen MR) is 144 cm³/mol. The monoisotopic (exact) mass is 526 g/mol. The van der Waals surface area contributed by atoms with Gasteiger partial charge in [-0.1, -0.05) is 29.5 Å². The molecule has 0 radical (unpaired) electrons. The average molecular weight is 527 g/mol. The number of halogens is 1. The van der Waals surface area contributed by atoms with Crippen LogP contribution in [0.5, 0.6) is 5.75 Å². The SMILES string of the molecule is Nc1cc2c(Nc3ccc(OCc4ccccn4)c(Cl)c3)ncnc2cc1C#CC1C2CN(C(=O)O)CC12. The van der Waals surface area contributed by atoms with Crippen LogP contribution in [0.25, 0.3) is 10.9 Å². The lowest BCUT2D eigenvalue weighted by Crippen LogP contribution is -2.29. The zero-order chi connectivity index (χ0) is 26.2. The molecule has 2 atom stereocenters. The molecule has 1 saturated carbocycles. The molecule has 38 heavy (non-hydrogen) atoms.